The average Bonchev–Trinajstić information content (AvgIpc) is 3.32. The van der Waals surface area contributed by atoms with Gasteiger partial charge in [-0.15, -0.1) is 0 Å². The van der Waals surface area contributed by atoms with Crippen molar-refractivity contribution in [3.05, 3.63) is 76.7 Å². The second kappa shape index (κ2) is 10.6. The standard InChI is InChI=1S/C29H29F7N4O/c1-16-9-20(30)5-6-22(16)23-13-25(40-8-7-21(37)15-40)38-14-24(23)39(4)26(41)27(2,3)17-10-18(28(31,32)33)12-19(11-17)29(34,35)36/h5-6,9-14,21H,7-8,15,37H2,1-4H3/t21-/m0/s1. The molecular weight excluding hydrogens is 553 g/mol. The number of benzene rings is 2. The molecule has 1 atom stereocenters. The number of halogens is 7. The predicted octanol–water partition coefficient (Wildman–Crippen LogP) is 6.71. The van der Waals surface area contributed by atoms with Crippen molar-refractivity contribution in [1.82, 2.24) is 4.98 Å². The largest absolute Gasteiger partial charge is 0.416 e. The van der Waals surface area contributed by atoms with E-state index in [4.69, 9.17) is 5.73 Å². The Hall–Kier alpha value is -3.67. The van der Waals surface area contributed by atoms with E-state index in [1.54, 1.807) is 13.0 Å². The van der Waals surface area contributed by atoms with Crippen molar-refractivity contribution in [2.75, 3.05) is 29.9 Å². The number of carbonyl (C=O) groups is 1. The highest BCUT2D eigenvalue weighted by Crippen LogP contribution is 2.41. The van der Waals surface area contributed by atoms with Gasteiger partial charge in [0, 0.05) is 31.7 Å². The van der Waals surface area contributed by atoms with Crippen LogP contribution in [0.5, 0.6) is 0 Å². The van der Waals surface area contributed by atoms with Crippen molar-refractivity contribution in [2.45, 2.75) is 51.0 Å². The number of likely N-dealkylation sites (N-methyl/N-ethyl adjacent to an activating group) is 1. The average molecular weight is 583 g/mol. The van der Waals surface area contributed by atoms with Crippen molar-refractivity contribution in [1.29, 1.82) is 0 Å². The number of carbonyl (C=O) groups excluding carboxylic acids is 1. The van der Waals surface area contributed by atoms with Gasteiger partial charge < -0.3 is 15.5 Å². The fourth-order valence-electron chi connectivity index (χ4n) is 4.99. The summed E-state index contributed by atoms with van der Waals surface area (Å²) >= 11 is 0. The fraction of sp³-hybridized carbons (Fsp3) is 0.379. The number of nitrogens with zero attached hydrogens (tertiary/aromatic N) is 3. The number of alkyl halides is 6. The predicted molar refractivity (Wildman–Crippen MR) is 142 cm³/mol. The molecule has 2 heterocycles. The van der Waals surface area contributed by atoms with Gasteiger partial charge in [0.2, 0.25) is 5.91 Å². The number of aryl methyl sites for hydroxylation is 1. The maximum absolute atomic E-state index is 13.9. The Labute approximate surface area is 232 Å². The third kappa shape index (κ3) is 6.17. The molecule has 5 nitrogen and oxygen atoms in total. The Morgan fingerprint density at radius 2 is 1.54 bits per heavy atom. The molecule has 2 aromatic carbocycles. The van der Waals surface area contributed by atoms with E-state index >= 15 is 0 Å². The van der Waals surface area contributed by atoms with Crippen molar-refractivity contribution >= 4 is 17.4 Å². The molecule has 0 aliphatic carbocycles. The first-order chi connectivity index (χ1) is 18.9. The first-order valence-electron chi connectivity index (χ1n) is 12.7. The molecule has 1 saturated heterocycles. The number of anilines is 2. The summed E-state index contributed by atoms with van der Waals surface area (Å²) in [6.45, 7) is 5.40. The van der Waals surface area contributed by atoms with Crippen LogP contribution in [0.4, 0.5) is 42.2 Å². The number of hydrogen-bond acceptors (Lipinski definition) is 4. The van der Waals surface area contributed by atoms with E-state index in [1.165, 1.54) is 45.3 Å². The van der Waals surface area contributed by atoms with Crippen molar-refractivity contribution in [3.63, 3.8) is 0 Å². The summed E-state index contributed by atoms with van der Waals surface area (Å²) in [5.41, 5.74) is 2.61. The highest BCUT2D eigenvalue weighted by molar-refractivity contribution is 6.03. The van der Waals surface area contributed by atoms with Gasteiger partial charge >= 0.3 is 12.4 Å². The van der Waals surface area contributed by atoms with Gasteiger partial charge in [-0.05, 0) is 80.3 Å². The van der Waals surface area contributed by atoms with E-state index < -0.39 is 46.2 Å². The summed E-state index contributed by atoms with van der Waals surface area (Å²) < 4.78 is 95.2. The molecule has 0 radical (unpaired) electrons. The molecule has 0 spiro atoms. The first kappa shape index (κ1) is 30.3. The highest BCUT2D eigenvalue weighted by Gasteiger charge is 2.41. The molecule has 4 rings (SSSR count). The van der Waals surface area contributed by atoms with Gasteiger partial charge in [-0.3, -0.25) is 4.79 Å². The second-order valence-corrected chi connectivity index (χ2v) is 10.8. The number of nitrogens with two attached hydrogens (primary N) is 1. The van der Waals surface area contributed by atoms with E-state index in [2.05, 4.69) is 4.98 Å². The minimum Gasteiger partial charge on any atom is -0.355 e. The summed E-state index contributed by atoms with van der Waals surface area (Å²) in [6.07, 6.45) is -7.96. The molecule has 1 amide bonds. The van der Waals surface area contributed by atoms with Crippen LogP contribution in [0.1, 0.15) is 42.5 Å². The van der Waals surface area contributed by atoms with Crippen LogP contribution in [0.15, 0.2) is 48.7 Å². The molecule has 1 aliphatic rings. The molecule has 2 N–H and O–H groups in total. The van der Waals surface area contributed by atoms with Gasteiger partial charge in [0.05, 0.1) is 28.4 Å². The molecule has 1 aromatic heterocycles. The van der Waals surface area contributed by atoms with Gasteiger partial charge in [0.25, 0.3) is 0 Å². The molecular formula is C29H29F7N4O. The molecule has 3 aromatic rings. The van der Waals surface area contributed by atoms with E-state index in [0.717, 1.165) is 11.3 Å². The van der Waals surface area contributed by atoms with Gasteiger partial charge in [-0.2, -0.15) is 26.3 Å². The Kier molecular flexibility index (Phi) is 7.85. The lowest BCUT2D eigenvalue weighted by Crippen LogP contribution is -2.42. The minimum atomic E-state index is -5.06. The van der Waals surface area contributed by atoms with Gasteiger partial charge in [-0.1, -0.05) is 6.07 Å². The SMILES string of the molecule is Cc1cc(F)ccc1-c1cc(N2CC[C@H](N)C2)ncc1N(C)C(=O)C(C)(C)c1cc(C(F)(F)F)cc(C(F)(F)F)c1. The van der Waals surface area contributed by atoms with E-state index in [-0.39, 0.29) is 17.8 Å². The van der Waals surface area contributed by atoms with E-state index in [0.29, 0.717) is 47.7 Å². The highest BCUT2D eigenvalue weighted by atomic mass is 19.4. The topological polar surface area (TPSA) is 62.5 Å². The molecule has 1 fully saturated rings. The number of aromatic nitrogens is 1. The van der Waals surface area contributed by atoms with Crippen LogP contribution >= 0.6 is 0 Å². The second-order valence-electron chi connectivity index (χ2n) is 10.8. The normalized spacial score (nSPS) is 16.3. The van der Waals surface area contributed by atoms with Crippen LogP contribution in [-0.4, -0.2) is 37.1 Å². The molecule has 220 valence electrons. The Morgan fingerprint density at radius 1 is 0.951 bits per heavy atom. The van der Waals surface area contributed by atoms with Gasteiger partial charge in [-0.25, -0.2) is 9.37 Å². The number of rotatable bonds is 5. The Morgan fingerprint density at radius 3 is 2.05 bits per heavy atom. The van der Waals surface area contributed by atoms with Crippen molar-refractivity contribution < 1.29 is 35.5 Å². The van der Waals surface area contributed by atoms with E-state index in [1.807, 2.05) is 4.90 Å². The van der Waals surface area contributed by atoms with Gasteiger partial charge in [0.15, 0.2) is 0 Å². The molecule has 0 saturated carbocycles. The zero-order chi connectivity index (χ0) is 30.5. The monoisotopic (exact) mass is 582 g/mol. The smallest absolute Gasteiger partial charge is 0.355 e. The van der Waals surface area contributed by atoms with Crippen LogP contribution in [0.25, 0.3) is 11.1 Å². The summed E-state index contributed by atoms with van der Waals surface area (Å²) in [5.74, 6) is -0.680. The fourth-order valence-corrected chi connectivity index (χ4v) is 4.99. The lowest BCUT2D eigenvalue weighted by Gasteiger charge is -2.32. The summed E-state index contributed by atoms with van der Waals surface area (Å²) in [5, 5.41) is 0. The third-order valence-corrected chi connectivity index (χ3v) is 7.41. The van der Waals surface area contributed by atoms with Crippen LogP contribution < -0.4 is 15.5 Å². The summed E-state index contributed by atoms with van der Waals surface area (Å²) in [7, 11) is 1.37. The quantitative estimate of drug-likeness (QED) is 0.340. The molecule has 0 unspecified atom stereocenters. The molecule has 12 heteroatoms. The molecule has 41 heavy (non-hydrogen) atoms. The van der Waals surface area contributed by atoms with Crippen LogP contribution in [-0.2, 0) is 22.6 Å². The molecule has 0 bridgehead atoms. The zero-order valence-electron chi connectivity index (χ0n) is 22.8. The van der Waals surface area contributed by atoms with Crippen LogP contribution in [0.2, 0.25) is 0 Å². The lowest BCUT2D eigenvalue weighted by molar-refractivity contribution is -0.143. The lowest BCUT2D eigenvalue weighted by atomic mass is 9.81. The zero-order valence-corrected chi connectivity index (χ0v) is 22.8. The number of pyridine rings is 1. The van der Waals surface area contributed by atoms with Crippen molar-refractivity contribution in [3.8, 4) is 11.1 Å². The molecule has 1 aliphatic heterocycles. The summed E-state index contributed by atoms with van der Waals surface area (Å²) in [6, 6.07) is 6.92. The maximum atomic E-state index is 13.9. The minimum absolute atomic E-state index is 0.0239. The summed E-state index contributed by atoms with van der Waals surface area (Å²) in [4.78, 5) is 21.4. The van der Waals surface area contributed by atoms with Crippen LogP contribution in [0.3, 0.4) is 0 Å². The number of amides is 1. The van der Waals surface area contributed by atoms with Crippen LogP contribution in [0, 0.1) is 12.7 Å². The first-order valence-corrected chi connectivity index (χ1v) is 12.7. The van der Waals surface area contributed by atoms with Gasteiger partial charge in [0.1, 0.15) is 11.6 Å². The third-order valence-electron chi connectivity index (χ3n) is 7.41. The number of hydrogen-bond donors (Lipinski definition) is 1. The Bertz CT molecular complexity index is 1430. The van der Waals surface area contributed by atoms with E-state index in [9.17, 15) is 35.5 Å². The Balaban J connectivity index is 1.82. The van der Waals surface area contributed by atoms with Crippen molar-refractivity contribution in [2.24, 2.45) is 5.73 Å². The maximum Gasteiger partial charge on any atom is 0.416 e.